The van der Waals surface area contributed by atoms with Crippen molar-refractivity contribution in [3.63, 3.8) is 0 Å². The number of pyridine rings is 1. The lowest BCUT2D eigenvalue weighted by atomic mass is 10.1. The van der Waals surface area contributed by atoms with Gasteiger partial charge < -0.3 is 15.1 Å². The highest BCUT2D eigenvalue weighted by molar-refractivity contribution is 5.88. The molecule has 1 fully saturated rings. The van der Waals surface area contributed by atoms with Crippen molar-refractivity contribution in [2.45, 2.75) is 45.1 Å². The lowest BCUT2D eigenvalue weighted by Crippen LogP contribution is -2.30. The van der Waals surface area contributed by atoms with Gasteiger partial charge in [0.05, 0.1) is 5.56 Å². The highest BCUT2D eigenvalue weighted by Gasteiger charge is 2.26. The van der Waals surface area contributed by atoms with Crippen molar-refractivity contribution in [1.82, 2.24) is 4.98 Å². The first kappa shape index (κ1) is 14.8. The smallest absolute Gasteiger partial charge is 0.335 e. The lowest BCUT2D eigenvalue weighted by molar-refractivity contribution is 0.0696. The number of hydrogen-bond acceptors (Lipinski definition) is 4. The maximum absolute atomic E-state index is 11.2. The summed E-state index contributed by atoms with van der Waals surface area (Å²) in [5.41, 5.74) is 1.12. The van der Waals surface area contributed by atoms with Crippen molar-refractivity contribution in [1.29, 1.82) is 0 Å². The predicted molar refractivity (Wildman–Crippen MR) is 77.3 cm³/mol. The largest absolute Gasteiger partial charge is 0.478 e. The highest BCUT2D eigenvalue weighted by Crippen LogP contribution is 2.27. The van der Waals surface area contributed by atoms with Crippen LogP contribution >= 0.6 is 0 Å². The first-order chi connectivity index (χ1) is 9.65. The summed E-state index contributed by atoms with van der Waals surface area (Å²) in [4.78, 5) is 18.0. The fourth-order valence-corrected chi connectivity index (χ4v) is 2.79. The van der Waals surface area contributed by atoms with Crippen LogP contribution in [-0.4, -0.2) is 40.4 Å². The van der Waals surface area contributed by atoms with Crippen LogP contribution in [0.3, 0.4) is 0 Å². The molecule has 1 aromatic rings. The van der Waals surface area contributed by atoms with Gasteiger partial charge in [0.1, 0.15) is 5.82 Å². The van der Waals surface area contributed by atoms with Crippen molar-refractivity contribution in [3.05, 3.63) is 23.4 Å². The Kier molecular flexibility index (Phi) is 4.95. The molecule has 2 heterocycles. The summed E-state index contributed by atoms with van der Waals surface area (Å²) in [6.07, 6.45) is 4.61. The van der Waals surface area contributed by atoms with Crippen molar-refractivity contribution >= 4 is 11.8 Å². The number of carboxylic acid groups (broad SMARTS) is 1. The number of aryl methyl sites for hydroxylation is 1. The van der Waals surface area contributed by atoms with Crippen LogP contribution < -0.4 is 4.90 Å². The van der Waals surface area contributed by atoms with Crippen LogP contribution in [0.25, 0.3) is 0 Å². The van der Waals surface area contributed by atoms with Crippen LogP contribution in [0.4, 0.5) is 5.82 Å². The standard InChI is InChI=1S/C15H22N2O3/c1-2-12-9-11(15(19)20)10-14(16-12)17-7-3-5-13(17)6-4-8-18/h9-10,13,18H,2-8H2,1H3,(H,19,20). The Labute approximate surface area is 119 Å². The van der Waals surface area contributed by atoms with Gasteiger partial charge in [0.2, 0.25) is 0 Å². The van der Waals surface area contributed by atoms with Gasteiger partial charge in [-0.1, -0.05) is 6.92 Å². The van der Waals surface area contributed by atoms with E-state index in [0.717, 1.165) is 50.2 Å². The third-order valence-electron chi connectivity index (χ3n) is 3.84. The summed E-state index contributed by atoms with van der Waals surface area (Å²) in [6.45, 7) is 3.09. The fourth-order valence-electron chi connectivity index (χ4n) is 2.79. The van der Waals surface area contributed by atoms with Gasteiger partial charge in [0.25, 0.3) is 0 Å². The number of hydrogen-bond donors (Lipinski definition) is 2. The van der Waals surface area contributed by atoms with E-state index in [1.54, 1.807) is 12.1 Å². The number of aromatic carboxylic acids is 1. The van der Waals surface area contributed by atoms with E-state index in [-0.39, 0.29) is 6.61 Å². The third kappa shape index (κ3) is 3.28. The number of rotatable bonds is 6. The summed E-state index contributed by atoms with van der Waals surface area (Å²) in [7, 11) is 0. The van der Waals surface area contributed by atoms with E-state index in [1.165, 1.54) is 0 Å². The summed E-state index contributed by atoms with van der Waals surface area (Å²) in [5.74, 6) is -0.142. The number of carboxylic acids is 1. The van der Waals surface area contributed by atoms with Gasteiger partial charge in [-0.15, -0.1) is 0 Å². The Morgan fingerprint density at radius 3 is 2.95 bits per heavy atom. The van der Waals surface area contributed by atoms with Crippen molar-refractivity contribution < 1.29 is 15.0 Å². The predicted octanol–water partition coefficient (Wildman–Crippen LogP) is 2.08. The summed E-state index contributed by atoms with van der Waals surface area (Å²) in [6, 6.07) is 3.67. The zero-order valence-corrected chi connectivity index (χ0v) is 11.9. The van der Waals surface area contributed by atoms with E-state index >= 15 is 0 Å². The molecule has 2 N–H and O–H groups in total. The van der Waals surface area contributed by atoms with E-state index in [9.17, 15) is 9.90 Å². The number of anilines is 1. The quantitative estimate of drug-likeness (QED) is 0.833. The zero-order valence-electron chi connectivity index (χ0n) is 11.9. The SMILES string of the molecule is CCc1cc(C(=O)O)cc(N2CCCC2CCCO)n1. The first-order valence-corrected chi connectivity index (χ1v) is 7.27. The molecule has 1 aliphatic rings. The third-order valence-corrected chi connectivity index (χ3v) is 3.84. The van der Waals surface area contributed by atoms with Crippen molar-refractivity contribution in [2.24, 2.45) is 0 Å². The lowest BCUT2D eigenvalue weighted by Gasteiger charge is -2.26. The van der Waals surface area contributed by atoms with E-state index in [1.807, 2.05) is 6.92 Å². The molecule has 110 valence electrons. The topological polar surface area (TPSA) is 73.7 Å². The molecular formula is C15H22N2O3. The Bertz CT molecular complexity index is 476. The first-order valence-electron chi connectivity index (χ1n) is 7.27. The Morgan fingerprint density at radius 1 is 1.50 bits per heavy atom. The van der Waals surface area contributed by atoms with Crippen molar-refractivity contribution in [3.8, 4) is 0 Å². The normalized spacial score (nSPS) is 18.5. The molecular weight excluding hydrogens is 256 g/mol. The molecule has 1 atom stereocenters. The Hall–Kier alpha value is -1.62. The summed E-state index contributed by atoms with van der Waals surface area (Å²) < 4.78 is 0. The van der Waals surface area contributed by atoms with Crippen LogP contribution in [0.15, 0.2) is 12.1 Å². The molecule has 0 bridgehead atoms. The molecule has 0 amide bonds. The number of nitrogens with zero attached hydrogens (tertiary/aromatic N) is 2. The van der Waals surface area contributed by atoms with E-state index in [2.05, 4.69) is 9.88 Å². The highest BCUT2D eigenvalue weighted by atomic mass is 16.4. The molecule has 5 nitrogen and oxygen atoms in total. The number of aliphatic hydroxyl groups is 1. The molecule has 0 aliphatic carbocycles. The minimum atomic E-state index is -0.908. The van der Waals surface area contributed by atoms with Crippen LogP contribution in [0.5, 0.6) is 0 Å². The maximum atomic E-state index is 11.2. The second-order valence-corrected chi connectivity index (χ2v) is 5.22. The zero-order chi connectivity index (χ0) is 14.5. The van der Waals surface area contributed by atoms with Crippen LogP contribution in [0, 0.1) is 0 Å². The second-order valence-electron chi connectivity index (χ2n) is 5.22. The van der Waals surface area contributed by atoms with Crippen molar-refractivity contribution in [2.75, 3.05) is 18.1 Å². The molecule has 0 saturated carbocycles. The molecule has 20 heavy (non-hydrogen) atoms. The van der Waals surface area contributed by atoms with Crippen LogP contribution in [0.1, 0.15) is 48.7 Å². The average Bonchev–Trinajstić information content (AvgIpc) is 2.92. The molecule has 1 unspecified atom stereocenters. The minimum Gasteiger partial charge on any atom is -0.478 e. The van der Waals surface area contributed by atoms with Gasteiger partial charge in [0, 0.05) is 24.9 Å². The van der Waals surface area contributed by atoms with Gasteiger partial charge in [-0.05, 0) is 44.2 Å². The van der Waals surface area contributed by atoms with Gasteiger partial charge in [-0.25, -0.2) is 9.78 Å². The van der Waals surface area contributed by atoms with E-state index in [0.29, 0.717) is 11.6 Å². The van der Waals surface area contributed by atoms with Gasteiger partial charge in [-0.2, -0.15) is 0 Å². The van der Waals surface area contributed by atoms with Crippen LogP contribution in [0.2, 0.25) is 0 Å². The van der Waals surface area contributed by atoms with Gasteiger partial charge >= 0.3 is 5.97 Å². The molecule has 1 aromatic heterocycles. The van der Waals surface area contributed by atoms with Gasteiger partial charge in [-0.3, -0.25) is 0 Å². The number of aliphatic hydroxyl groups excluding tert-OH is 1. The monoisotopic (exact) mass is 278 g/mol. The molecule has 0 spiro atoms. The number of carbonyl (C=O) groups is 1. The van der Waals surface area contributed by atoms with E-state index in [4.69, 9.17) is 5.11 Å². The molecule has 1 aliphatic heterocycles. The average molecular weight is 278 g/mol. The molecule has 0 radical (unpaired) electrons. The Balaban J connectivity index is 2.26. The molecule has 1 saturated heterocycles. The van der Waals surface area contributed by atoms with Gasteiger partial charge in [0.15, 0.2) is 0 Å². The molecule has 5 heteroatoms. The second kappa shape index (κ2) is 6.70. The molecule has 0 aromatic carbocycles. The minimum absolute atomic E-state index is 0.202. The fraction of sp³-hybridized carbons (Fsp3) is 0.600. The Morgan fingerprint density at radius 2 is 2.30 bits per heavy atom. The summed E-state index contributed by atoms with van der Waals surface area (Å²) >= 11 is 0. The van der Waals surface area contributed by atoms with E-state index < -0.39 is 5.97 Å². The van der Waals surface area contributed by atoms with Crippen LogP contribution in [-0.2, 0) is 6.42 Å². The number of aromatic nitrogens is 1. The maximum Gasteiger partial charge on any atom is 0.335 e. The molecule has 2 rings (SSSR count). The summed E-state index contributed by atoms with van der Waals surface area (Å²) in [5, 5.41) is 18.2.